The molecule has 7 nitrogen and oxygen atoms in total. The number of hydrogen-bond acceptors (Lipinski definition) is 5. The molecule has 0 N–H and O–H groups in total. The first-order valence-electron chi connectivity index (χ1n) is 9.57. The van der Waals surface area contributed by atoms with E-state index in [9.17, 15) is 9.59 Å². The van der Waals surface area contributed by atoms with Crippen molar-refractivity contribution in [3.63, 3.8) is 0 Å². The van der Waals surface area contributed by atoms with Crippen LogP contribution in [0.25, 0.3) is 6.08 Å². The Kier molecular flexibility index (Phi) is 5.99. The molecule has 0 bridgehead atoms. The van der Waals surface area contributed by atoms with E-state index in [4.69, 9.17) is 10.5 Å². The molecule has 2 aromatic rings. The third kappa shape index (κ3) is 4.14. The van der Waals surface area contributed by atoms with Gasteiger partial charge in [0.25, 0.3) is 5.56 Å². The SMILES string of the molecule is Cn1c(N2CCC(Cc3ccccc3)CC2)c(C=C(C#N)C#N)c(=O)n(C)c1=O. The Balaban J connectivity index is 1.92. The van der Waals surface area contributed by atoms with E-state index in [0.717, 1.165) is 23.8 Å². The maximum absolute atomic E-state index is 12.7. The largest absolute Gasteiger partial charge is 0.357 e. The minimum atomic E-state index is -0.502. The van der Waals surface area contributed by atoms with Gasteiger partial charge in [-0.15, -0.1) is 0 Å². The fourth-order valence-corrected chi connectivity index (χ4v) is 3.90. The van der Waals surface area contributed by atoms with Crippen molar-refractivity contribution in [2.24, 2.45) is 20.0 Å². The first kappa shape index (κ1) is 20.2. The summed E-state index contributed by atoms with van der Waals surface area (Å²) in [4.78, 5) is 27.2. The smallest absolute Gasteiger partial charge is 0.332 e. The molecule has 0 aliphatic carbocycles. The molecule has 0 unspecified atom stereocenters. The fourth-order valence-electron chi connectivity index (χ4n) is 3.90. The van der Waals surface area contributed by atoms with Gasteiger partial charge in [0.05, 0.1) is 5.56 Å². The number of allylic oxidation sites excluding steroid dienone is 1. The first-order valence-corrected chi connectivity index (χ1v) is 9.57. The van der Waals surface area contributed by atoms with Gasteiger partial charge in [-0.25, -0.2) is 4.79 Å². The molecule has 7 heteroatoms. The number of anilines is 1. The highest BCUT2D eigenvalue weighted by Crippen LogP contribution is 2.27. The fraction of sp³-hybridized carbons (Fsp3) is 0.364. The molecule has 1 aliphatic heterocycles. The molecule has 3 rings (SSSR count). The van der Waals surface area contributed by atoms with Crippen LogP contribution in [0.3, 0.4) is 0 Å². The standard InChI is InChI=1S/C22H23N5O2/c1-25-20(19(13-18(14-23)15-24)21(28)26(2)22(25)29)27-10-8-17(9-11-27)12-16-6-4-3-5-7-16/h3-7,13,17H,8-12H2,1-2H3. The number of nitriles is 2. The van der Waals surface area contributed by atoms with Crippen molar-refractivity contribution in [3.05, 3.63) is 67.9 Å². The lowest BCUT2D eigenvalue weighted by Crippen LogP contribution is -2.44. The summed E-state index contributed by atoms with van der Waals surface area (Å²) in [6.45, 7) is 1.40. The number of benzene rings is 1. The van der Waals surface area contributed by atoms with Crippen molar-refractivity contribution in [3.8, 4) is 12.1 Å². The predicted molar refractivity (Wildman–Crippen MR) is 111 cm³/mol. The summed E-state index contributed by atoms with van der Waals surface area (Å²) in [5.41, 5.74) is 0.417. The average Bonchev–Trinajstić information content (AvgIpc) is 2.75. The van der Waals surface area contributed by atoms with Crippen molar-refractivity contribution in [1.29, 1.82) is 10.5 Å². The molecular weight excluding hydrogens is 366 g/mol. The molecule has 1 saturated heterocycles. The van der Waals surface area contributed by atoms with Gasteiger partial charge in [-0.1, -0.05) is 30.3 Å². The Morgan fingerprint density at radius 2 is 1.69 bits per heavy atom. The molecule has 0 saturated carbocycles. The van der Waals surface area contributed by atoms with E-state index < -0.39 is 11.2 Å². The minimum Gasteiger partial charge on any atom is -0.357 e. The zero-order valence-electron chi connectivity index (χ0n) is 16.6. The maximum Gasteiger partial charge on any atom is 0.332 e. The third-order valence-corrected chi connectivity index (χ3v) is 5.48. The van der Waals surface area contributed by atoms with Gasteiger partial charge in [0.2, 0.25) is 0 Å². The van der Waals surface area contributed by atoms with Crippen molar-refractivity contribution >= 4 is 11.9 Å². The highest BCUT2D eigenvalue weighted by atomic mass is 16.2. The van der Waals surface area contributed by atoms with Crippen molar-refractivity contribution in [1.82, 2.24) is 9.13 Å². The van der Waals surface area contributed by atoms with Crippen molar-refractivity contribution in [2.75, 3.05) is 18.0 Å². The van der Waals surface area contributed by atoms with Gasteiger partial charge >= 0.3 is 5.69 Å². The Labute approximate surface area is 169 Å². The quantitative estimate of drug-likeness (QED) is 0.745. The van der Waals surface area contributed by atoms with Crippen LogP contribution in [0.2, 0.25) is 0 Å². The maximum atomic E-state index is 12.7. The van der Waals surface area contributed by atoms with E-state index in [1.807, 2.05) is 23.1 Å². The monoisotopic (exact) mass is 389 g/mol. The molecule has 29 heavy (non-hydrogen) atoms. The van der Waals surface area contributed by atoms with Gasteiger partial charge in [0, 0.05) is 27.2 Å². The Morgan fingerprint density at radius 3 is 2.28 bits per heavy atom. The summed E-state index contributed by atoms with van der Waals surface area (Å²) in [5.74, 6) is 1.00. The lowest BCUT2D eigenvalue weighted by molar-refractivity contribution is 0.399. The Morgan fingerprint density at radius 1 is 1.07 bits per heavy atom. The van der Waals surface area contributed by atoms with Crippen LogP contribution >= 0.6 is 0 Å². The highest BCUT2D eigenvalue weighted by molar-refractivity contribution is 5.70. The first-order chi connectivity index (χ1) is 14.0. The topological polar surface area (TPSA) is 94.8 Å². The minimum absolute atomic E-state index is 0.166. The molecule has 1 aromatic carbocycles. The number of aromatic nitrogens is 2. The van der Waals surface area contributed by atoms with Crippen LogP contribution in [-0.2, 0) is 20.5 Å². The van der Waals surface area contributed by atoms with E-state index in [-0.39, 0.29) is 11.1 Å². The van der Waals surface area contributed by atoms with Crippen molar-refractivity contribution < 1.29 is 0 Å². The van der Waals surface area contributed by atoms with Gasteiger partial charge in [0.15, 0.2) is 0 Å². The summed E-state index contributed by atoms with van der Waals surface area (Å²) < 4.78 is 2.43. The Bertz CT molecular complexity index is 1110. The average molecular weight is 389 g/mol. The van der Waals surface area contributed by atoms with E-state index in [2.05, 4.69) is 12.1 Å². The van der Waals surface area contributed by atoms with Crippen LogP contribution in [-0.4, -0.2) is 22.2 Å². The van der Waals surface area contributed by atoms with Crippen LogP contribution in [0.1, 0.15) is 24.0 Å². The van der Waals surface area contributed by atoms with Crippen LogP contribution in [0.5, 0.6) is 0 Å². The number of rotatable bonds is 4. The number of piperidine rings is 1. The predicted octanol–water partition coefficient (Wildman–Crippen LogP) is 1.97. The molecule has 2 heterocycles. The zero-order chi connectivity index (χ0) is 21.0. The highest BCUT2D eigenvalue weighted by Gasteiger charge is 2.25. The van der Waals surface area contributed by atoms with Gasteiger partial charge in [-0.3, -0.25) is 13.9 Å². The molecule has 1 aromatic heterocycles. The summed E-state index contributed by atoms with van der Waals surface area (Å²) in [5, 5.41) is 18.2. The summed E-state index contributed by atoms with van der Waals surface area (Å²) >= 11 is 0. The summed E-state index contributed by atoms with van der Waals surface area (Å²) in [6, 6.07) is 13.9. The third-order valence-electron chi connectivity index (χ3n) is 5.48. The lowest BCUT2D eigenvalue weighted by Gasteiger charge is -2.35. The summed E-state index contributed by atoms with van der Waals surface area (Å²) in [7, 11) is 3.01. The number of nitrogens with zero attached hydrogens (tertiary/aromatic N) is 5. The van der Waals surface area contributed by atoms with Crippen LogP contribution in [0.15, 0.2) is 45.5 Å². The molecule has 1 aliphatic rings. The molecule has 148 valence electrons. The van der Waals surface area contributed by atoms with E-state index >= 15 is 0 Å². The summed E-state index contributed by atoms with van der Waals surface area (Å²) in [6.07, 6.45) is 4.16. The van der Waals surface area contributed by atoms with E-state index in [0.29, 0.717) is 24.8 Å². The normalized spacial score (nSPS) is 14.1. The molecule has 1 fully saturated rings. The van der Waals surface area contributed by atoms with Crippen molar-refractivity contribution in [2.45, 2.75) is 19.3 Å². The molecule has 0 atom stereocenters. The van der Waals surface area contributed by atoms with E-state index in [1.165, 1.54) is 23.3 Å². The molecule has 0 amide bonds. The van der Waals surface area contributed by atoms with Gasteiger partial charge in [0.1, 0.15) is 23.5 Å². The molecule has 0 spiro atoms. The molecular formula is C22H23N5O2. The number of hydrogen-bond donors (Lipinski definition) is 0. The zero-order valence-corrected chi connectivity index (χ0v) is 16.6. The van der Waals surface area contributed by atoms with Gasteiger partial charge in [-0.2, -0.15) is 10.5 Å². The second-order valence-corrected chi connectivity index (χ2v) is 7.34. The van der Waals surface area contributed by atoms with Crippen LogP contribution in [0.4, 0.5) is 5.82 Å². The molecule has 0 radical (unpaired) electrons. The Hall–Kier alpha value is -3.58. The second kappa shape index (κ2) is 8.62. The van der Waals surface area contributed by atoms with Gasteiger partial charge < -0.3 is 4.90 Å². The van der Waals surface area contributed by atoms with E-state index in [1.54, 1.807) is 19.2 Å². The van der Waals surface area contributed by atoms with Crippen LogP contribution in [0, 0.1) is 28.6 Å². The van der Waals surface area contributed by atoms with Crippen LogP contribution < -0.4 is 16.1 Å². The lowest BCUT2D eigenvalue weighted by atomic mass is 9.90. The second-order valence-electron chi connectivity index (χ2n) is 7.34. The van der Waals surface area contributed by atoms with Gasteiger partial charge in [-0.05, 0) is 36.8 Å².